The molecule has 0 aromatic heterocycles. The summed E-state index contributed by atoms with van der Waals surface area (Å²) in [5.41, 5.74) is 0.937. The topological polar surface area (TPSA) is 55.6 Å². The summed E-state index contributed by atoms with van der Waals surface area (Å²) in [6.07, 6.45) is 1.57. The number of hydrogen-bond donors (Lipinski definition) is 1. The van der Waals surface area contributed by atoms with Gasteiger partial charge in [0.25, 0.3) is 0 Å². The molecule has 0 aliphatic carbocycles. The molecule has 1 radical (unpaired) electrons. The minimum absolute atomic E-state index is 0.355. The van der Waals surface area contributed by atoms with E-state index in [1.54, 1.807) is 13.5 Å². The highest BCUT2D eigenvalue weighted by molar-refractivity contribution is 5.47. The summed E-state index contributed by atoms with van der Waals surface area (Å²) in [4.78, 5) is 10.1. The molecule has 0 unspecified atom stereocenters. The van der Waals surface area contributed by atoms with Crippen molar-refractivity contribution in [2.24, 2.45) is 5.84 Å². The summed E-state index contributed by atoms with van der Waals surface area (Å²) < 4.78 is 4.98. The van der Waals surface area contributed by atoms with Crippen molar-refractivity contribution in [2.75, 3.05) is 7.11 Å². The molecule has 0 saturated heterocycles. The third-order valence-corrected chi connectivity index (χ3v) is 1.63. The number of nitrogens with zero attached hydrogens (tertiary/aromatic N) is 1. The highest BCUT2D eigenvalue weighted by Gasteiger charge is 1.98. The molecule has 4 nitrogen and oxygen atoms in total. The van der Waals surface area contributed by atoms with Gasteiger partial charge in [-0.1, -0.05) is 12.1 Å². The molecule has 2 N–H and O–H groups in total. The third kappa shape index (κ3) is 2.76. The van der Waals surface area contributed by atoms with Crippen LogP contribution in [0.5, 0.6) is 5.75 Å². The predicted molar refractivity (Wildman–Crippen MR) is 48.4 cm³/mol. The van der Waals surface area contributed by atoms with Crippen molar-refractivity contribution >= 4 is 6.41 Å². The molecule has 0 atom stereocenters. The van der Waals surface area contributed by atoms with Gasteiger partial charge in [0.15, 0.2) is 0 Å². The number of carbonyl (C=O) groups excluding carboxylic acids is 1. The molecule has 1 aromatic carbocycles. The zero-order chi connectivity index (χ0) is 9.68. The maximum atomic E-state index is 10.1. The lowest BCUT2D eigenvalue weighted by molar-refractivity contribution is 0.386. The Morgan fingerprint density at radius 3 is 2.54 bits per heavy atom. The first-order chi connectivity index (χ1) is 6.26. The maximum Gasteiger partial charge on any atom is 0.327 e. The lowest BCUT2D eigenvalue weighted by Crippen LogP contribution is -2.28. The van der Waals surface area contributed by atoms with Gasteiger partial charge in [-0.05, 0) is 17.7 Å². The third-order valence-electron chi connectivity index (χ3n) is 1.63. The van der Waals surface area contributed by atoms with Crippen LogP contribution in [0.1, 0.15) is 5.56 Å². The van der Waals surface area contributed by atoms with Crippen LogP contribution in [-0.4, -0.2) is 18.5 Å². The van der Waals surface area contributed by atoms with E-state index in [1.807, 2.05) is 24.3 Å². The number of hydrogen-bond acceptors (Lipinski definition) is 3. The molecule has 0 heterocycles. The molecule has 0 aliphatic heterocycles. The van der Waals surface area contributed by atoms with E-state index < -0.39 is 0 Å². The van der Waals surface area contributed by atoms with Gasteiger partial charge >= 0.3 is 6.41 Å². The molecule has 69 valence electrons. The van der Waals surface area contributed by atoms with Crippen molar-refractivity contribution in [3.05, 3.63) is 29.8 Å². The standard InChI is InChI=1S/C9H11N2O2/c1-13-9-4-2-8(3-5-9)6-11(10)7-12/h2-5H,6,10H2,1H3. The summed E-state index contributed by atoms with van der Waals surface area (Å²) in [7, 11) is 1.60. The van der Waals surface area contributed by atoms with Crippen molar-refractivity contribution in [1.82, 2.24) is 5.01 Å². The summed E-state index contributed by atoms with van der Waals surface area (Å²) in [5.74, 6) is 6.03. The fourth-order valence-electron chi connectivity index (χ4n) is 0.960. The van der Waals surface area contributed by atoms with Crippen molar-refractivity contribution < 1.29 is 9.53 Å². The number of rotatable bonds is 4. The molecule has 13 heavy (non-hydrogen) atoms. The summed E-state index contributed by atoms with van der Waals surface area (Å²) in [5, 5.41) is 0.960. The van der Waals surface area contributed by atoms with Crippen LogP contribution in [-0.2, 0) is 11.3 Å². The van der Waals surface area contributed by atoms with E-state index in [0.717, 1.165) is 16.3 Å². The van der Waals surface area contributed by atoms with E-state index in [9.17, 15) is 4.79 Å². The molecule has 0 bridgehead atoms. The molecule has 1 amide bonds. The second-order valence-electron chi connectivity index (χ2n) is 2.57. The lowest BCUT2D eigenvalue weighted by Gasteiger charge is -2.08. The Morgan fingerprint density at radius 2 is 2.08 bits per heavy atom. The van der Waals surface area contributed by atoms with Crippen molar-refractivity contribution in [3.8, 4) is 5.75 Å². The fraction of sp³-hybridized carbons (Fsp3) is 0.222. The predicted octanol–water partition coefficient (Wildman–Crippen LogP) is 0.438. The van der Waals surface area contributed by atoms with Gasteiger partial charge < -0.3 is 4.74 Å². The smallest absolute Gasteiger partial charge is 0.327 e. The molecule has 0 aliphatic rings. The van der Waals surface area contributed by atoms with E-state index in [4.69, 9.17) is 10.6 Å². The molecular formula is C9H11N2O2. The van der Waals surface area contributed by atoms with Crippen LogP contribution in [0.4, 0.5) is 0 Å². The minimum atomic E-state index is 0.355. The Labute approximate surface area is 76.9 Å². The Kier molecular flexibility index (Phi) is 3.28. The SMILES string of the molecule is COc1ccc(CN(N)[C]=O)cc1. The van der Waals surface area contributed by atoms with E-state index in [0.29, 0.717) is 6.54 Å². The zero-order valence-corrected chi connectivity index (χ0v) is 7.36. The van der Waals surface area contributed by atoms with E-state index in [1.165, 1.54) is 0 Å². The normalized spacial score (nSPS) is 9.38. The fourth-order valence-corrected chi connectivity index (χ4v) is 0.960. The number of methoxy groups -OCH3 is 1. The second kappa shape index (κ2) is 4.47. The first kappa shape index (κ1) is 9.54. The minimum Gasteiger partial charge on any atom is -0.497 e. The molecule has 1 rings (SSSR count). The summed E-state index contributed by atoms with van der Waals surface area (Å²) in [6.45, 7) is 0.355. The molecule has 0 fully saturated rings. The van der Waals surface area contributed by atoms with E-state index >= 15 is 0 Å². The molecule has 0 spiro atoms. The highest BCUT2D eigenvalue weighted by Crippen LogP contribution is 2.11. The average molecular weight is 179 g/mol. The molecule has 4 heteroatoms. The van der Waals surface area contributed by atoms with Crippen molar-refractivity contribution in [2.45, 2.75) is 6.54 Å². The molecule has 0 saturated carbocycles. The largest absolute Gasteiger partial charge is 0.497 e. The summed E-state index contributed by atoms with van der Waals surface area (Å²) in [6, 6.07) is 7.31. The van der Waals surface area contributed by atoms with Crippen LogP contribution >= 0.6 is 0 Å². The van der Waals surface area contributed by atoms with E-state index in [-0.39, 0.29) is 0 Å². The van der Waals surface area contributed by atoms with Crippen LogP contribution in [0.3, 0.4) is 0 Å². The Morgan fingerprint density at radius 1 is 1.46 bits per heavy atom. The van der Waals surface area contributed by atoms with Crippen molar-refractivity contribution in [1.29, 1.82) is 0 Å². The van der Waals surface area contributed by atoms with Gasteiger partial charge in [-0.25, -0.2) is 5.84 Å². The number of hydrazine groups is 1. The second-order valence-corrected chi connectivity index (χ2v) is 2.57. The molecular weight excluding hydrogens is 168 g/mol. The Balaban J connectivity index is 2.63. The Bertz CT molecular complexity index is 271. The summed E-state index contributed by atoms with van der Waals surface area (Å²) >= 11 is 0. The zero-order valence-electron chi connectivity index (χ0n) is 7.36. The monoisotopic (exact) mass is 179 g/mol. The van der Waals surface area contributed by atoms with Gasteiger partial charge in [0.05, 0.1) is 13.7 Å². The Hall–Kier alpha value is -1.55. The van der Waals surface area contributed by atoms with Crippen LogP contribution < -0.4 is 10.6 Å². The van der Waals surface area contributed by atoms with Gasteiger partial charge in [-0.3, -0.25) is 9.80 Å². The number of benzene rings is 1. The van der Waals surface area contributed by atoms with Gasteiger partial charge in [-0.2, -0.15) is 0 Å². The number of nitrogens with two attached hydrogens (primary N) is 1. The van der Waals surface area contributed by atoms with Crippen LogP contribution in [0.15, 0.2) is 24.3 Å². The quantitative estimate of drug-likeness (QED) is 0.316. The maximum absolute atomic E-state index is 10.1. The first-order valence-electron chi connectivity index (χ1n) is 3.79. The van der Waals surface area contributed by atoms with Gasteiger partial charge in [0, 0.05) is 0 Å². The highest BCUT2D eigenvalue weighted by atomic mass is 16.5. The van der Waals surface area contributed by atoms with Crippen LogP contribution in [0.25, 0.3) is 0 Å². The lowest BCUT2D eigenvalue weighted by atomic mass is 10.2. The number of amides is 1. The van der Waals surface area contributed by atoms with Gasteiger partial charge in [0.1, 0.15) is 5.75 Å². The number of ether oxygens (including phenoxy) is 1. The van der Waals surface area contributed by atoms with Gasteiger partial charge in [0.2, 0.25) is 0 Å². The van der Waals surface area contributed by atoms with E-state index in [2.05, 4.69) is 0 Å². The average Bonchev–Trinajstić information content (AvgIpc) is 2.19. The van der Waals surface area contributed by atoms with Crippen LogP contribution in [0.2, 0.25) is 0 Å². The van der Waals surface area contributed by atoms with Crippen LogP contribution in [0, 0.1) is 0 Å². The van der Waals surface area contributed by atoms with Gasteiger partial charge in [-0.15, -0.1) is 0 Å². The first-order valence-corrected chi connectivity index (χ1v) is 3.79. The molecule has 1 aromatic rings. The van der Waals surface area contributed by atoms with Crippen molar-refractivity contribution in [3.63, 3.8) is 0 Å².